The Balaban J connectivity index is 1.48. The van der Waals surface area contributed by atoms with E-state index in [2.05, 4.69) is 16.0 Å². The molecule has 4 aromatic carbocycles. The summed E-state index contributed by atoms with van der Waals surface area (Å²) in [4.78, 5) is 39.5. The van der Waals surface area contributed by atoms with Crippen molar-refractivity contribution in [2.24, 2.45) is 0 Å². The first-order chi connectivity index (χ1) is 22.0. The molecule has 238 valence electrons. The maximum Gasteiger partial charge on any atom is 0.416 e. The molecule has 0 aromatic heterocycles. The lowest BCUT2D eigenvalue weighted by atomic mass is 10.1. The van der Waals surface area contributed by atoms with Gasteiger partial charge in [-0.25, -0.2) is 0 Å². The van der Waals surface area contributed by atoms with Crippen molar-refractivity contribution in [1.82, 2.24) is 5.32 Å². The van der Waals surface area contributed by atoms with E-state index >= 15 is 0 Å². The number of ether oxygens (including phenoxy) is 2. The third kappa shape index (κ3) is 9.29. The Morgan fingerprint density at radius 3 is 2.28 bits per heavy atom. The maximum atomic E-state index is 13.5. The molecule has 0 fully saturated rings. The van der Waals surface area contributed by atoms with Gasteiger partial charge in [-0.2, -0.15) is 13.2 Å². The highest BCUT2D eigenvalue weighted by molar-refractivity contribution is 8.00. The standard InChI is InChI=1S/C33H27ClF3N3O5S/c1-44-28-14-11-20(16-29(28)45-2)15-27(40-31(42)21-7-4-3-5-8-21)32(43)38-23-9-6-10-24(18-23)46-19-30(41)39-26-17-22(33(35,36)37)12-13-25(26)34/h3-18H,19H2,1-2H3,(H,38,43)(H,39,41)(H,40,42)/b27-15+. The first kappa shape index (κ1) is 33.9. The Bertz CT molecular complexity index is 1770. The van der Waals surface area contributed by atoms with Crippen LogP contribution in [0.25, 0.3) is 6.08 Å². The summed E-state index contributed by atoms with van der Waals surface area (Å²) in [6.07, 6.45) is -3.11. The van der Waals surface area contributed by atoms with Gasteiger partial charge in [-0.3, -0.25) is 14.4 Å². The molecular weight excluding hydrogens is 643 g/mol. The number of hydrogen-bond donors (Lipinski definition) is 3. The van der Waals surface area contributed by atoms with E-state index in [1.54, 1.807) is 72.8 Å². The van der Waals surface area contributed by atoms with Crippen LogP contribution >= 0.6 is 23.4 Å². The van der Waals surface area contributed by atoms with Crippen LogP contribution in [0.4, 0.5) is 24.5 Å². The minimum absolute atomic E-state index is 0.0349. The van der Waals surface area contributed by atoms with Gasteiger partial charge in [0.1, 0.15) is 5.70 Å². The molecule has 8 nitrogen and oxygen atoms in total. The summed E-state index contributed by atoms with van der Waals surface area (Å²) >= 11 is 7.07. The van der Waals surface area contributed by atoms with Crippen molar-refractivity contribution < 1.29 is 37.0 Å². The first-order valence-corrected chi connectivity index (χ1v) is 14.8. The summed E-state index contributed by atoms with van der Waals surface area (Å²) in [6.45, 7) is 0. The monoisotopic (exact) mass is 669 g/mol. The molecule has 0 radical (unpaired) electrons. The minimum atomic E-state index is -4.59. The number of halogens is 4. The fourth-order valence-electron chi connectivity index (χ4n) is 4.05. The normalized spacial score (nSPS) is 11.4. The fourth-order valence-corrected chi connectivity index (χ4v) is 4.97. The van der Waals surface area contributed by atoms with E-state index in [1.165, 1.54) is 20.3 Å². The molecule has 0 saturated heterocycles. The molecule has 0 aliphatic heterocycles. The molecule has 0 unspecified atom stereocenters. The van der Waals surface area contributed by atoms with E-state index in [1.807, 2.05) is 0 Å². The number of carbonyl (C=O) groups excluding carboxylic acids is 3. The largest absolute Gasteiger partial charge is 0.493 e. The Kier molecular flexibility index (Phi) is 11.3. The molecule has 46 heavy (non-hydrogen) atoms. The predicted octanol–water partition coefficient (Wildman–Crippen LogP) is 7.52. The number of methoxy groups -OCH3 is 2. The van der Waals surface area contributed by atoms with Gasteiger partial charge in [-0.1, -0.05) is 41.9 Å². The topological polar surface area (TPSA) is 106 Å². The first-order valence-electron chi connectivity index (χ1n) is 13.5. The second kappa shape index (κ2) is 15.4. The number of benzene rings is 4. The van der Waals surface area contributed by atoms with Gasteiger partial charge in [0.25, 0.3) is 11.8 Å². The number of carbonyl (C=O) groups is 3. The molecule has 3 N–H and O–H groups in total. The zero-order valence-electron chi connectivity index (χ0n) is 24.4. The van der Waals surface area contributed by atoms with Crippen molar-refractivity contribution >= 4 is 58.5 Å². The average Bonchev–Trinajstić information content (AvgIpc) is 3.04. The van der Waals surface area contributed by atoms with Gasteiger partial charge in [0, 0.05) is 16.1 Å². The molecular formula is C33H27ClF3N3O5S. The van der Waals surface area contributed by atoms with Crippen molar-refractivity contribution in [3.05, 3.63) is 118 Å². The summed E-state index contributed by atoms with van der Waals surface area (Å²) in [5.74, 6) is -0.947. The molecule has 13 heteroatoms. The Hall–Kier alpha value is -4.94. The number of nitrogens with one attached hydrogen (secondary N) is 3. The number of anilines is 2. The van der Waals surface area contributed by atoms with Crippen molar-refractivity contribution in [3.63, 3.8) is 0 Å². The van der Waals surface area contributed by atoms with Gasteiger partial charge in [0.05, 0.1) is 36.2 Å². The number of thioether (sulfide) groups is 1. The van der Waals surface area contributed by atoms with E-state index < -0.39 is 29.5 Å². The van der Waals surface area contributed by atoms with Gasteiger partial charge >= 0.3 is 6.18 Å². The van der Waals surface area contributed by atoms with Gasteiger partial charge in [0.2, 0.25) is 5.91 Å². The molecule has 0 bridgehead atoms. The number of hydrogen-bond acceptors (Lipinski definition) is 6. The smallest absolute Gasteiger partial charge is 0.416 e. The van der Waals surface area contributed by atoms with Crippen LogP contribution in [0.1, 0.15) is 21.5 Å². The molecule has 0 saturated carbocycles. The Morgan fingerprint density at radius 2 is 1.59 bits per heavy atom. The van der Waals surface area contributed by atoms with Gasteiger partial charge in [0.15, 0.2) is 11.5 Å². The van der Waals surface area contributed by atoms with E-state index in [0.717, 1.165) is 30.0 Å². The third-order valence-corrected chi connectivity index (χ3v) is 7.60. The van der Waals surface area contributed by atoms with Crippen molar-refractivity contribution in [2.45, 2.75) is 11.1 Å². The lowest BCUT2D eigenvalue weighted by Crippen LogP contribution is -2.30. The fraction of sp³-hybridized carbons (Fsp3) is 0.121. The van der Waals surface area contributed by atoms with E-state index in [-0.39, 0.29) is 22.2 Å². The van der Waals surface area contributed by atoms with E-state index in [0.29, 0.717) is 33.2 Å². The summed E-state index contributed by atoms with van der Waals surface area (Å²) in [5, 5.41) is 7.78. The number of alkyl halides is 3. The molecule has 0 aliphatic carbocycles. The van der Waals surface area contributed by atoms with Crippen LogP contribution in [-0.2, 0) is 15.8 Å². The highest BCUT2D eigenvalue weighted by Gasteiger charge is 2.31. The van der Waals surface area contributed by atoms with Crippen molar-refractivity contribution in [2.75, 3.05) is 30.6 Å². The molecule has 0 heterocycles. The van der Waals surface area contributed by atoms with Crippen molar-refractivity contribution in [1.29, 1.82) is 0 Å². The second-order valence-corrected chi connectivity index (χ2v) is 11.0. The predicted molar refractivity (Wildman–Crippen MR) is 172 cm³/mol. The van der Waals surface area contributed by atoms with Crippen LogP contribution in [-0.4, -0.2) is 37.7 Å². The lowest BCUT2D eigenvalue weighted by Gasteiger charge is -2.13. The Labute approximate surface area is 271 Å². The van der Waals surface area contributed by atoms with Gasteiger partial charge < -0.3 is 25.4 Å². The molecule has 4 aromatic rings. The summed E-state index contributed by atoms with van der Waals surface area (Å²) in [6, 6.07) is 22.6. The SMILES string of the molecule is COc1ccc(/C=C(/NC(=O)c2ccccc2)C(=O)Nc2cccc(SCC(=O)Nc3cc(C(F)(F)F)ccc3Cl)c2)cc1OC. The highest BCUT2D eigenvalue weighted by Crippen LogP contribution is 2.34. The quantitative estimate of drug-likeness (QED) is 0.113. The van der Waals surface area contributed by atoms with Gasteiger partial charge in [-0.15, -0.1) is 11.8 Å². The summed E-state index contributed by atoms with van der Waals surface area (Å²) in [7, 11) is 2.97. The summed E-state index contributed by atoms with van der Waals surface area (Å²) in [5.41, 5.74) is 0.0983. The van der Waals surface area contributed by atoms with E-state index in [4.69, 9.17) is 21.1 Å². The van der Waals surface area contributed by atoms with Crippen LogP contribution in [0, 0.1) is 0 Å². The van der Waals surface area contributed by atoms with Crippen LogP contribution in [0.5, 0.6) is 11.5 Å². The second-order valence-electron chi connectivity index (χ2n) is 9.50. The number of rotatable bonds is 11. The zero-order valence-corrected chi connectivity index (χ0v) is 26.0. The Morgan fingerprint density at radius 1 is 0.848 bits per heavy atom. The van der Waals surface area contributed by atoms with Crippen LogP contribution in [0.3, 0.4) is 0 Å². The average molecular weight is 670 g/mol. The zero-order chi connectivity index (χ0) is 33.3. The molecule has 0 aliphatic rings. The number of amides is 3. The van der Waals surface area contributed by atoms with Crippen LogP contribution in [0.2, 0.25) is 5.02 Å². The molecule has 0 atom stereocenters. The molecule has 3 amide bonds. The van der Waals surface area contributed by atoms with Gasteiger partial charge in [-0.05, 0) is 72.3 Å². The third-order valence-electron chi connectivity index (χ3n) is 6.28. The maximum absolute atomic E-state index is 13.5. The molecule has 4 rings (SSSR count). The van der Waals surface area contributed by atoms with Crippen LogP contribution < -0.4 is 25.4 Å². The van der Waals surface area contributed by atoms with Crippen LogP contribution in [0.15, 0.2) is 102 Å². The highest BCUT2D eigenvalue weighted by atomic mass is 35.5. The summed E-state index contributed by atoms with van der Waals surface area (Å²) < 4.78 is 49.8. The lowest BCUT2D eigenvalue weighted by molar-refractivity contribution is -0.137. The minimum Gasteiger partial charge on any atom is -0.493 e. The molecule has 0 spiro atoms. The van der Waals surface area contributed by atoms with E-state index in [9.17, 15) is 27.6 Å². The van der Waals surface area contributed by atoms with Crippen molar-refractivity contribution in [3.8, 4) is 11.5 Å².